The van der Waals surface area contributed by atoms with Crippen LogP contribution in [0.3, 0.4) is 0 Å². The van der Waals surface area contributed by atoms with Crippen molar-refractivity contribution in [1.29, 1.82) is 0 Å². The second kappa shape index (κ2) is 6.04. The number of hydrogen-bond donors (Lipinski definition) is 0. The molecule has 0 unspecified atom stereocenters. The molecule has 0 saturated heterocycles. The number of rotatable bonds is 3. The van der Waals surface area contributed by atoms with Crippen LogP contribution in [0.15, 0.2) is 45.3 Å². The molecule has 94 valence electrons. The molecule has 0 aliphatic carbocycles. The van der Waals surface area contributed by atoms with Gasteiger partial charge in [0.05, 0.1) is 9.50 Å². The molecule has 0 heterocycles. The maximum Gasteiger partial charge on any atom is 0.145 e. The summed E-state index contributed by atoms with van der Waals surface area (Å²) in [4.78, 5) is 0. The van der Waals surface area contributed by atoms with Gasteiger partial charge in [-0.15, -0.1) is 0 Å². The third kappa shape index (κ3) is 3.46. The van der Waals surface area contributed by atoms with Crippen LogP contribution in [0.2, 0.25) is 5.02 Å². The molecule has 0 saturated carbocycles. The van der Waals surface area contributed by atoms with Gasteiger partial charge in [-0.25, -0.2) is 4.39 Å². The fourth-order valence-electron chi connectivity index (χ4n) is 1.40. The molecule has 2 rings (SSSR count). The Kier molecular flexibility index (Phi) is 4.65. The molecular weight excluding hydrogens is 386 g/mol. The zero-order valence-electron chi connectivity index (χ0n) is 9.09. The molecule has 0 fully saturated rings. The van der Waals surface area contributed by atoms with Crippen molar-refractivity contribution in [1.82, 2.24) is 0 Å². The third-order valence-electron chi connectivity index (χ3n) is 2.26. The van der Waals surface area contributed by atoms with Crippen molar-refractivity contribution in [3.63, 3.8) is 0 Å². The first-order valence-electron chi connectivity index (χ1n) is 5.08. The molecular formula is C13H8Br2ClFO. The summed E-state index contributed by atoms with van der Waals surface area (Å²) in [6.45, 7) is 0.360. The fraction of sp³-hybridized carbons (Fsp3) is 0.0769. The van der Waals surface area contributed by atoms with E-state index in [1.807, 2.05) is 24.3 Å². The average Bonchev–Trinajstić information content (AvgIpc) is 2.32. The van der Waals surface area contributed by atoms with Crippen LogP contribution in [-0.4, -0.2) is 0 Å². The van der Waals surface area contributed by atoms with E-state index in [4.69, 9.17) is 16.3 Å². The Balaban J connectivity index is 2.13. The minimum Gasteiger partial charge on any atom is -0.488 e. The minimum absolute atomic E-state index is 0.0664. The van der Waals surface area contributed by atoms with Gasteiger partial charge in [0.1, 0.15) is 18.2 Å². The van der Waals surface area contributed by atoms with Crippen LogP contribution < -0.4 is 4.74 Å². The standard InChI is InChI=1S/C13H8Br2ClFO/c14-9-3-1-2-8(4-9)7-18-13-6-12(17)11(16)5-10(13)15/h1-6H,7H2. The van der Waals surface area contributed by atoms with E-state index in [1.165, 1.54) is 12.1 Å². The van der Waals surface area contributed by atoms with Crippen molar-refractivity contribution >= 4 is 43.5 Å². The molecule has 0 bridgehead atoms. The summed E-state index contributed by atoms with van der Waals surface area (Å²) in [7, 11) is 0. The van der Waals surface area contributed by atoms with Gasteiger partial charge in [-0.05, 0) is 39.7 Å². The summed E-state index contributed by atoms with van der Waals surface area (Å²) in [5.74, 6) is -0.0685. The van der Waals surface area contributed by atoms with Crippen LogP contribution in [0, 0.1) is 5.82 Å². The fourth-order valence-corrected chi connectivity index (χ4v) is 2.60. The lowest BCUT2D eigenvalue weighted by atomic mass is 10.2. The summed E-state index contributed by atoms with van der Waals surface area (Å²) in [6, 6.07) is 10.5. The first-order chi connectivity index (χ1) is 8.56. The molecule has 0 radical (unpaired) electrons. The van der Waals surface area contributed by atoms with Gasteiger partial charge >= 0.3 is 0 Å². The topological polar surface area (TPSA) is 9.23 Å². The van der Waals surface area contributed by atoms with E-state index >= 15 is 0 Å². The summed E-state index contributed by atoms with van der Waals surface area (Å²) in [5.41, 5.74) is 0.992. The molecule has 0 aliphatic heterocycles. The first kappa shape index (κ1) is 13.8. The van der Waals surface area contributed by atoms with E-state index in [0.29, 0.717) is 16.8 Å². The SMILES string of the molecule is Fc1cc(OCc2cccc(Br)c2)c(Br)cc1Cl. The third-order valence-corrected chi connectivity index (χ3v) is 3.66. The Morgan fingerprint density at radius 3 is 2.67 bits per heavy atom. The highest BCUT2D eigenvalue weighted by atomic mass is 79.9. The predicted octanol–water partition coefficient (Wildman–Crippen LogP) is 5.58. The minimum atomic E-state index is -0.496. The number of ether oxygens (including phenoxy) is 1. The smallest absolute Gasteiger partial charge is 0.145 e. The highest BCUT2D eigenvalue weighted by Crippen LogP contribution is 2.31. The Morgan fingerprint density at radius 1 is 1.17 bits per heavy atom. The highest BCUT2D eigenvalue weighted by Gasteiger charge is 2.08. The van der Waals surface area contributed by atoms with E-state index in [9.17, 15) is 4.39 Å². The van der Waals surface area contributed by atoms with Crippen molar-refractivity contribution in [3.8, 4) is 5.75 Å². The van der Waals surface area contributed by atoms with Crippen LogP contribution in [-0.2, 0) is 6.61 Å². The summed E-state index contributed by atoms with van der Waals surface area (Å²) in [5, 5.41) is 0.0664. The van der Waals surface area contributed by atoms with Crippen LogP contribution in [0.4, 0.5) is 4.39 Å². The van der Waals surface area contributed by atoms with Crippen molar-refractivity contribution in [2.45, 2.75) is 6.61 Å². The summed E-state index contributed by atoms with van der Waals surface area (Å²) in [6.07, 6.45) is 0. The van der Waals surface area contributed by atoms with E-state index < -0.39 is 5.82 Å². The molecule has 18 heavy (non-hydrogen) atoms. The molecule has 0 aliphatic rings. The maximum atomic E-state index is 13.3. The van der Waals surface area contributed by atoms with Crippen LogP contribution >= 0.6 is 43.5 Å². The highest BCUT2D eigenvalue weighted by molar-refractivity contribution is 9.10. The van der Waals surface area contributed by atoms with Crippen molar-refractivity contribution in [2.75, 3.05) is 0 Å². The molecule has 0 amide bonds. The Labute approximate surface area is 126 Å². The quantitative estimate of drug-likeness (QED) is 0.617. The van der Waals surface area contributed by atoms with Crippen LogP contribution in [0.5, 0.6) is 5.75 Å². The molecule has 0 N–H and O–H groups in total. The maximum absolute atomic E-state index is 13.3. The lowest BCUT2D eigenvalue weighted by Gasteiger charge is -2.09. The van der Waals surface area contributed by atoms with Gasteiger partial charge in [0.15, 0.2) is 0 Å². The normalized spacial score (nSPS) is 10.4. The van der Waals surface area contributed by atoms with Gasteiger partial charge in [0.2, 0.25) is 0 Å². The van der Waals surface area contributed by atoms with E-state index in [-0.39, 0.29) is 5.02 Å². The number of halogens is 4. The lowest BCUT2D eigenvalue weighted by molar-refractivity contribution is 0.302. The van der Waals surface area contributed by atoms with Crippen molar-refractivity contribution in [2.24, 2.45) is 0 Å². The molecule has 2 aromatic carbocycles. The zero-order chi connectivity index (χ0) is 13.1. The molecule has 1 nitrogen and oxygen atoms in total. The van der Waals surface area contributed by atoms with Crippen LogP contribution in [0.25, 0.3) is 0 Å². The Morgan fingerprint density at radius 2 is 1.94 bits per heavy atom. The molecule has 5 heteroatoms. The van der Waals surface area contributed by atoms with E-state index in [0.717, 1.165) is 10.0 Å². The van der Waals surface area contributed by atoms with Gasteiger partial charge in [-0.1, -0.05) is 39.7 Å². The first-order valence-corrected chi connectivity index (χ1v) is 7.04. The zero-order valence-corrected chi connectivity index (χ0v) is 13.0. The van der Waals surface area contributed by atoms with Crippen molar-refractivity contribution in [3.05, 3.63) is 61.7 Å². The molecule has 0 spiro atoms. The second-order valence-corrected chi connectivity index (χ2v) is 5.79. The molecule has 0 atom stereocenters. The van der Waals surface area contributed by atoms with E-state index in [2.05, 4.69) is 31.9 Å². The Bertz CT molecular complexity index is 575. The van der Waals surface area contributed by atoms with Gasteiger partial charge in [-0.2, -0.15) is 0 Å². The van der Waals surface area contributed by atoms with Crippen molar-refractivity contribution < 1.29 is 9.13 Å². The van der Waals surface area contributed by atoms with Gasteiger partial charge in [0, 0.05) is 10.5 Å². The number of hydrogen-bond acceptors (Lipinski definition) is 1. The number of benzene rings is 2. The average molecular weight is 394 g/mol. The lowest BCUT2D eigenvalue weighted by Crippen LogP contribution is -1.96. The molecule has 2 aromatic rings. The summed E-state index contributed by atoms with van der Waals surface area (Å²) < 4.78 is 20.5. The molecule has 0 aromatic heterocycles. The van der Waals surface area contributed by atoms with E-state index in [1.54, 1.807) is 0 Å². The second-order valence-electron chi connectivity index (χ2n) is 3.62. The predicted molar refractivity (Wildman–Crippen MR) is 77.6 cm³/mol. The largest absolute Gasteiger partial charge is 0.488 e. The van der Waals surface area contributed by atoms with Crippen LogP contribution in [0.1, 0.15) is 5.56 Å². The van der Waals surface area contributed by atoms with Gasteiger partial charge in [0.25, 0.3) is 0 Å². The monoisotopic (exact) mass is 392 g/mol. The van der Waals surface area contributed by atoms with Gasteiger partial charge in [-0.3, -0.25) is 0 Å². The Hall–Kier alpha value is -0.580. The van der Waals surface area contributed by atoms with Gasteiger partial charge < -0.3 is 4.74 Å². The summed E-state index contributed by atoms with van der Waals surface area (Å²) >= 11 is 12.3.